The minimum atomic E-state index is -0.676. The molecular weight excluding hydrogens is 259 g/mol. The van der Waals surface area contributed by atoms with Gasteiger partial charge in [-0.1, -0.05) is 6.07 Å². The second-order valence-electron chi connectivity index (χ2n) is 3.88. The molecule has 20 heavy (non-hydrogen) atoms. The Kier molecular flexibility index (Phi) is 3.91. The summed E-state index contributed by atoms with van der Waals surface area (Å²) in [5, 5.41) is 14.2. The van der Waals surface area contributed by atoms with Gasteiger partial charge in [-0.15, -0.1) is 0 Å². The summed E-state index contributed by atoms with van der Waals surface area (Å²) < 4.78 is 13.5. The summed E-state index contributed by atoms with van der Waals surface area (Å²) in [6, 6.07) is 8.98. The maximum Gasteiger partial charge on any atom is 0.259 e. The average Bonchev–Trinajstić information content (AvgIpc) is 2.47. The van der Waals surface area contributed by atoms with Gasteiger partial charge in [0.05, 0.1) is 11.3 Å². The molecule has 0 saturated heterocycles. The molecule has 6 heteroatoms. The number of halogens is 1. The number of nitrogens with one attached hydrogen (secondary N) is 2. The van der Waals surface area contributed by atoms with Gasteiger partial charge < -0.3 is 10.6 Å². The summed E-state index contributed by atoms with van der Waals surface area (Å²) in [6.45, 7) is 0. The summed E-state index contributed by atoms with van der Waals surface area (Å²) in [6.07, 6.45) is 1.55. The molecular formula is C14H11FN4O. The molecule has 1 amide bonds. The second kappa shape index (κ2) is 5.80. The minimum Gasteiger partial charge on any atom is -0.372 e. The van der Waals surface area contributed by atoms with Gasteiger partial charge in [-0.25, -0.2) is 9.37 Å². The lowest BCUT2D eigenvalue weighted by Gasteiger charge is -2.10. The van der Waals surface area contributed by atoms with Crippen molar-refractivity contribution in [3.05, 3.63) is 53.5 Å². The van der Waals surface area contributed by atoms with Gasteiger partial charge >= 0.3 is 0 Å². The fraction of sp³-hybridized carbons (Fsp3) is 0.0714. The average molecular weight is 270 g/mol. The summed E-state index contributed by atoms with van der Waals surface area (Å²) >= 11 is 0. The number of nitrogens with zero attached hydrogens (tertiary/aromatic N) is 2. The van der Waals surface area contributed by atoms with Crippen molar-refractivity contribution < 1.29 is 9.18 Å². The monoisotopic (exact) mass is 270 g/mol. The van der Waals surface area contributed by atoms with E-state index in [0.717, 1.165) is 6.07 Å². The fourth-order valence-electron chi connectivity index (χ4n) is 1.72. The van der Waals surface area contributed by atoms with Gasteiger partial charge in [0.2, 0.25) is 0 Å². The van der Waals surface area contributed by atoms with Gasteiger partial charge in [0.15, 0.2) is 0 Å². The predicted octanol–water partition coefficient (Wildman–Crippen LogP) is 2.39. The third kappa shape index (κ3) is 2.57. The molecule has 2 aromatic rings. The first-order valence-electron chi connectivity index (χ1n) is 5.80. The summed E-state index contributed by atoms with van der Waals surface area (Å²) in [4.78, 5) is 16.2. The van der Waals surface area contributed by atoms with Crippen LogP contribution < -0.4 is 10.6 Å². The van der Waals surface area contributed by atoms with Gasteiger partial charge in [0, 0.05) is 13.2 Å². The zero-order valence-corrected chi connectivity index (χ0v) is 10.6. The molecule has 0 radical (unpaired) electrons. The first kappa shape index (κ1) is 13.5. The van der Waals surface area contributed by atoms with Crippen LogP contribution in [0.2, 0.25) is 0 Å². The normalized spacial score (nSPS) is 9.65. The van der Waals surface area contributed by atoms with E-state index in [1.807, 2.05) is 0 Å². The van der Waals surface area contributed by atoms with Crippen LogP contribution >= 0.6 is 0 Å². The largest absolute Gasteiger partial charge is 0.372 e. The Morgan fingerprint density at radius 2 is 2.15 bits per heavy atom. The van der Waals surface area contributed by atoms with E-state index >= 15 is 0 Å². The van der Waals surface area contributed by atoms with Crippen molar-refractivity contribution in [1.82, 2.24) is 4.98 Å². The van der Waals surface area contributed by atoms with E-state index in [2.05, 4.69) is 15.6 Å². The lowest BCUT2D eigenvalue weighted by molar-refractivity contribution is 0.102. The van der Waals surface area contributed by atoms with E-state index in [4.69, 9.17) is 5.26 Å². The first-order valence-corrected chi connectivity index (χ1v) is 5.80. The SMILES string of the molecule is CNc1ncccc1C(=O)Nc1cccc(F)c1C#N. The third-order valence-corrected chi connectivity index (χ3v) is 2.66. The Hall–Kier alpha value is -2.94. The van der Waals surface area contributed by atoms with Gasteiger partial charge in [-0.05, 0) is 24.3 Å². The van der Waals surface area contributed by atoms with Gasteiger partial charge in [0.1, 0.15) is 23.3 Å². The number of anilines is 2. The van der Waals surface area contributed by atoms with E-state index in [-0.39, 0.29) is 11.3 Å². The molecule has 0 spiro atoms. The van der Waals surface area contributed by atoms with Crippen LogP contribution in [-0.4, -0.2) is 17.9 Å². The number of hydrogen-bond donors (Lipinski definition) is 2. The van der Waals surface area contributed by atoms with Gasteiger partial charge in [-0.2, -0.15) is 5.26 Å². The Balaban J connectivity index is 2.34. The smallest absolute Gasteiger partial charge is 0.259 e. The molecule has 0 unspecified atom stereocenters. The summed E-state index contributed by atoms with van der Waals surface area (Å²) in [7, 11) is 1.64. The second-order valence-corrected chi connectivity index (χ2v) is 3.88. The molecule has 0 aliphatic rings. The number of rotatable bonds is 3. The molecule has 0 fully saturated rings. The van der Waals surface area contributed by atoms with Gasteiger partial charge in [-0.3, -0.25) is 4.79 Å². The number of aromatic nitrogens is 1. The van der Waals surface area contributed by atoms with Crippen LogP contribution in [0.15, 0.2) is 36.5 Å². The van der Waals surface area contributed by atoms with E-state index < -0.39 is 11.7 Å². The van der Waals surface area contributed by atoms with Gasteiger partial charge in [0.25, 0.3) is 5.91 Å². The van der Waals surface area contributed by atoms with Crippen LogP contribution in [0, 0.1) is 17.1 Å². The number of pyridine rings is 1. The fourth-order valence-corrected chi connectivity index (χ4v) is 1.72. The van der Waals surface area contributed by atoms with Crippen molar-refractivity contribution >= 4 is 17.4 Å². The molecule has 1 aromatic carbocycles. The molecule has 100 valence electrons. The highest BCUT2D eigenvalue weighted by atomic mass is 19.1. The van der Waals surface area contributed by atoms with Crippen molar-refractivity contribution in [2.75, 3.05) is 17.7 Å². The number of nitriles is 1. The van der Waals surface area contributed by atoms with Crippen LogP contribution in [0.5, 0.6) is 0 Å². The summed E-state index contributed by atoms with van der Waals surface area (Å²) in [5.41, 5.74) is 0.238. The number of amides is 1. The van der Waals surface area contributed by atoms with E-state index in [0.29, 0.717) is 11.4 Å². The van der Waals surface area contributed by atoms with E-state index in [9.17, 15) is 9.18 Å². The van der Waals surface area contributed by atoms with Crippen molar-refractivity contribution in [2.24, 2.45) is 0 Å². The van der Waals surface area contributed by atoms with Crippen LogP contribution in [0.3, 0.4) is 0 Å². The molecule has 0 atom stereocenters. The third-order valence-electron chi connectivity index (χ3n) is 2.66. The Morgan fingerprint density at radius 1 is 1.35 bits per heavy atom. The molecule has 0 saturated carbocycles. The van der Waals surface area contributed by atoms with Crippen LogP contribution in [0.25, 0.3) is 0 Å². The zero-order chi connectivity index (χ0) is 14.5. The Morgan fingerprint density at radius 3 is 2.85 bits per heavy atom. The molecule has 0 bridgehead atoms. The van der Waals surface area contributed by atoms with E-state index in [1.54, 1.807) is 31.4 Å². The molecule has 5 nitrogen and oxygen atoms in total. The van der Waals surface area contributed by atoms with Crippen molar-refractivity contribution in [2.45, 2.75) is 0 Å². The highest BCUT2D eigenvalue weighted by Gasteiger charge is 2.14. The zero-order valence-electron chi connectivity index (χ0n) is 10.6. The predicted molar refractivity (Wildman–Crippen MR) is 72.9 cm³/mol. The molecule has 1 aromatic heterocycles. The quantitative estimate of drug-likeness (QED) is 0.897. The van der Waals surface area contributed by atoms with Crippen LogP contribution in [0.1, 0.15) is 15.9 Å². The highest BCUT2D eigenvalue weighted by Crippen LogP contribution is 2.20. The number of carbonyl (C=O) groups is 1. The lowest BCUT2D eigenvalue weighted by atomic mass is 10.1. The number of hydrogen-bond acceptors (Lipinski definition) is 4. The standard InChI is InChI=1S/C14H11FN4O/c1-17-13-9(4-3-7-18-13)14(20)19-12-6-2-5-11(15)10(12)8-16/h2-7H,1H3,(H,17,18)(H,19,20). The maximum absolute atomic E-state index is 13.5. The molecule has 2 rings (SSSR count). The number of carbonyl (C=O) groups excluding carboxylic acids is 1. The first-order chi connectivity index (χ1) is 9.67. The number of benzene rings is 1. The molecule has 0 aliphatic carbocycles. The topological polar surface area (TPSA) is 77.8 Å². The molecule has 2 N–H and O–H groups in total. The van der Waals surface area contributed by atoms with Crippen molar-refractivity contribution in [3.8, 4) is 6.07 Å². The van der Waals surface area contributed by atoms with Crippen LogP contribution in [-0.2, 0) is 0 Å². The highest BCUT2D eigenvalue weighted by molar-refractivity contribution is 6.07. The van der Waals surface area contributed by atoms with E-state index in [1.165, 1.54) is 12.1 Å². The Labute approximate surface area is 115 Å². The maximum atomic E-state index is 13.5. The van der Waals surface area contributed by atoms with Crippen LogP contribution in [0.4, 0.5) is 15.9 Å². The Bertz CT molecular complexity index is 694. The molecule has 0 aliphatic heterocycles. The molecule has 1 heterocycles. The van der Waals surface area contributed by atoms with Crippen molar-refractivity contribution in [1.29, 1.82) is 5.26 Å². The van der Waals surface area contributed by atoms with Crippen molar-refractivity contribution in [3.63, 3.8) is 0 Å². The summed E-state index contributed by atoms with van der Waals surface area (Å²) in [5.74, 6) is -0.741. The lowest BCUT2D eigenvalue weighted by Crippen LogP contribution is -2.15. The minimum absolute atomic E-state index is 0.128.